The molecule has 1 aliphatic rings. The molecule has 0 amide bonds. The van der Waals surface area contributed by atoms with Crippen molar-refractivity contribution in [1.29, 1.82) is 0 Å². The first-order valence-corrected chi connectivity index (χ1v) is 25.7. The van der Waals surface area contributed by atoms with E-state index in [-0.39, 0.29) is 0 Å². The summed E-state index contributed by atoms with van der Waals surface area (Å²) in [5.74, 6) is 0. The smallest absolute Gasteiger partial charge is 0.0713 e. The number of fused-ring (bicyclic) bond motifs is 7. The van der Waals surface area contributed by atoms with Crippen LogP contribution in [0.15, 0.2) is 297 Å². The van der Waals surface area contributed by atoms with Crippen LogP contribution in [0, 0.1) is 0 Å². The first-order chi connectivity index (χ1) is 36.7. The summed E-state index contributed by atoms with van der Waals surface area (Å²) in [6.07, 6.45) is 0. The molecule has 0 aliphatic heterocycles. The van der Waals surface area contributed by atoms with Crippen LogP contribution in [0.2, 0.25) is 0 Å². The maximum Gasteiger partial charge on any atom is 0.0713 e. The maximum atomic E-state index is 2.45. The van der Waals surface area contributed by atoms with Crippen LogP contribution in [0.5, 0.6) is 0 Å². The van der Waals surface area contributed by atoms with Gasteiger partial charge in [0.25, 0.3) is 0 Å². The van der Waals surface area contributed by atoms with Crippen molar-refractivity contribution in [1.82, 2.24) is 0 Å². The van der Waals surface area contributed by atoms with Gasteiger partial charge >= 0.3 is 0 Å². The predicted molar refractivity (Wildman–Crippen MR) is 313 cm³/mol. The average Bonchev–Trinajstić information content (AvgIpc) is 3.79. The van der Waals surface area contributed by atoms with Crippen LogP contribution in [0.1, 0.15) is 22.3 Å². The van der Waals surface area contributed by atoms with Crippen LogP contribution in [0.3, 0.4) is 0 Å². The van der Waals surface area contributed by atoms with Crippen molar-refractivity contribution in [2.75, 3.05) is 4.90 Å². The Labute approximate surface area is 432 Å². The average molecular weight is 940 g/mol. The van der Waals surface area contributed by atoms with Crippen molar-refractivity contribution >= 4 is 49.4 Å². The van der Waals surface area contributed by atoms with Crippen molar-refractivity contribution in [3.8, 4) is 55.6 Å². The van der Waals surface area contributed by atoms with Crippen LogP contribution in [-0.2, 0) is 5.41 Å². The molecular formula is C73H49N. The number of anilines is 3. The zero-order chi connectivity index (χ0) is 49.0. The Morgan fingerprint density at radius 3 is 1.46 bits per heavy atom. The van der Waals surface area contributed by atoms with E-state index < -0.39 is 5.41 Å². The third kappa shape index (κ3) is 7.08. The van der Waals surface area contributed by atoms with Crippen LogP contribution in [-0.4, -0.2) is 0 Å². The Balaban J connectivity index is 0.908. The number of hydrogen-bond acceptors (Lipinski definition) is 1. The van der Waals surface area contributed by atoms with Crippen LogP contribution in [0.4, 0.5) is 17.1 Å². The molecule has 0 heterocycles. The topological polar surface area (TPSA) is 3.24 Å². The molecule has 0 aromatic heterocycles. The van der Waals surface area contributed by atoms with Crippen molar-refractivity contribution < 1.29 is 0 Å². The normalized spacial score (nSPS) is 12.4. The quantitative estimate of drug-likeness (QED) is 0.130. The molecule has 0 fully saturated rings. The summed E-state index contributed by atoms with van der Waals surface area (Å²) in [4.78, 5) is 2.43. The fourth-order valence-electron chi connectivity index (χ4n) is 12.2. The third-order valence-electron chi connectivity index (χ3n) is 15.5. The summed E-state index contributed by atoms with van der Waals surface area (Å²) in [7, 11) is 0. The lowest BCUT2D eigenvalue weighted by Gasteiger charge is -2.34. The van der Waals surface area contributed by atoms with E-state index in [2.05, 4.69) is 302 Å². The minimum atomic E-state index is -0.471. The number of hydrogen-bond donors (Lipinski definition) is 0. The van der Waals surface area contributed by atoms with E-state index in [4.69, 9.17) is 0 Å². The van der Waals surface area contributed by atoms with Crippen LogP contribution in [0.25, 0.3) is 88.0 Å². The second-order valence-corrected chi connectivity index (χ2v) is 19.5. The van der Waals surface area contributed by atoms with Gasteiger partial charge in [-0.3, -0.25) is 0 Å². The number of para-hydroxylation sites is 1. The number of nitrogens with zero attached hydrogens (tertiary/aromatic N) is 1. The van der Waals surface area contributed by atoms with Gasteiger partial charge in [-0.15, -0.1) is 0 Å². The molecule has 0 spiro atoms. The van der Waals surface area contributed by atoms with E-state index in [9.17, 15) is 0 Å². The highest BCUT2D eigenvalue weighted by atomic mass is 15.1. The Morgan fingerprint density at radius 2 is 0.730 bits per heavy atom. The zero-order valence-corrected chi connectivity index (χ0v) is 40.7. The maximum absolute atomic E-state index is 2.45. The molecule has 0 saturated heterocycles. The van der Waals surface area contributed by atoms with Gasteiger partial charge in [0.1, 0.15) is 0 Å². The molecule has 346 valence electrons. The van der Waals surface area contributed by atoms with E-state index in [1.807, 2.05) is 0 Å². The van der Waals surface area contributed by atoms with Crippen LogP contribution < -0.4 is 4.90 Å². The zero-order valence-electron chi connectivity index (χ0n) is 40.7. The molecule has 1 aliphatic carbocycles. The van der Waals surface area contributed by atoms with Crippen molar-refractivity contribution in [3.05, 3.63) is 320 Å². The molecule has 1 heteroatoms. The van der Waals surface area contributed by atoms with E-state index in [1.165, 1.54) is 93.5 Å². The first-order valence-electron chi connectivity index (χ1n) is 25.7. The summed E-state index contributed by atoms with van der Waals surface area (Å²) in [6, 6.07) is 110. The van der Waals surface area contributed by atoms with E-state index in [0.29, 0.717) is 0 Å². The van der Waals surface area contributed by atoms with Gasteiger partial charge in [0.2, 0.25) is 0 Å². The standard InChI is InChI=1S/C73H49N/c1-3-24-57(25-4-1)73(58-26-5-2-6-27-58)70-35-15-13-33-67(70)68-46-41-53(49-71(68)73)50-37-42-59(43-38-50)74(60-44-39-52(40-45-60)69-48-56-20-8-10-29-63(56)65-31-11-12-32-66(65)69)72-36-16-14-30-64(72)55-23-17-22-54(47-55)62-34-18-21-51-19-7-9-28-61(51)62/h1-49H. The van der Waals surface area contributed by atoms with Gasteiger partial charge in [-0.2, -0.15) is 0 Å². The molecule has 1 nitrogen and oxygen atoms in total. The summed E-state index contributed by atoms with van der Waals surface area (Å²) in [5.41, 5.74) is 20.0. The summed E-state index contributed by atoms with van der Waals surface area (Å²) in [6.45, 7) is 0. The van der Waals surface area contributed by atoms with Crippen molar-refractivity contribution in [3.63, 3.8) is 0 Å². The fourth-order valence-corrected chi connectivity index (χ4v) is 12.2. The lowest BCUT2D eigenvalue weighted by molar-refractivity contribution is 0.769. The molecule has 0 saturated carbocycles. The predicted octanol–water partition coefficient (Wildman–Crippen LogP) is 19.6. The minimum Gasteiger partial charge on any atom is -0.310 e. The second kappa shape index (κ2) is 17.9. The fraction of sp³-hybridized carbons (Fsp3) is 0.0137. The second-order valence-electron chi connectivity index (χ2n) is 19.5. The highest BCUT2D eigenvalue weighted by Gasteiger charge is 2.46. The largest absolute Gasteiger partial charge is 0.310 e. The third-order valence-corrected chi connectivity index (χ3v) is 15.5. The van der Waals surface area contributed by atoms with Gasteiger partial charge in [0, 0.05) is 16.9 Å². The highest BCUT2D eigenvalue weighted by molar-refractivity contribution is 6.14. The summed E-state index contributed by atoms with van der Waals surface area (Å²) < 4.78 is 0. The monoisotopic (exact) mass is 939 g/mol. The Kier molecular flexibility index (Phi) is 10.5. The Hall–Kier alpha value is -9.56. The van der Waals surface area contributed by atoms with E-state index in [0.717, 1.165) is 33.8 Å². The van der Waals surface area contributed by atoms with Gasteiger partial charge in [-0.25, -0.2) is 0 Å². The van der Waals surface area contributed by atoms with Crippen LogP contribution >= 0.6 is 0 Å². The molecule has 0 N–H and O–H groups in total. The molecule has 14 rings (SSSR count). The van der Waals surface area contributed by atoms with Crippen molar-refractivity contribution in [2.24, 2.45) is 0 Å². The molecular weight excluding hydrogens is 891 g/mol. The van der Waals surface area contributed by atoms with Gasteiger partial charge in [-0.05, 0) is 153 Å². The first kappa shape index (κ1) is 43.2. The highest BCUT2D eigenvalue weighted by Crippen LogP contribution is 2.57. The molecule has 13 aromatic carbocycles. The lowest BCUT2D eigenvalue weighted by atomic mass is 9.67. The molecule has 0 radical (unpaired) electrons. The molecule has 0 unspecified atom stereocenters. The van der Waals surface area contributed by atoms with Gasteiger partial charge in [-0.1, -0.05) is 249 Å². The summed E-state index contributed by atoms with van der Waals surface area (Å²) >= 11 is 0. The number of benzene rings is 13. The molecule has 74 heavy (non-hydrogen) atoms. The molecule has 0 bridgehead atoms. The van der Waals surface area contributed by atoms with E-state index >= 15 is 0 Å². The van der Waals surface area contributed by atoms with Gasteiger partial charge < -0.3 is 4.90 Å². The van der Waals surface area contributed by atoms with Crippen molar-refractivity contribution in [2.45, 2.75) is 5.41 Å². The van der Waals surface area contributed by atoms with Gasteiger partial charge in [0.05, 0.1) is 11.1 Å². The Morgan fingerprint density at radius 1 is 0.230 bits per heavy atom. The van der Waals surface area contributed by atoms with E-state index in [1.54, 1.807) is 0 Å². The molecule has 13 aromatic rings. The number of rotatable bonds is 9. The molecule has 0 atom stereocenters. The summed E-state index contributed by atoms with van der Waals surface area (Å²) in [5, 5.41) is 7.52. The lowest BCUT2D eigenvalue weighted by Crippen LogP contribution is -2.28. The Bertz CT molecular complexity index is 4180. The minimum absolute atomic E-state index is 0.471. The van der Waals surface area contributed by atoms with Gasteiger partial charge in [0.15, 0.2) is 0 Å². The SMILES string of the molecule is c1ccc(C2(c3ccccc3)c3ccccc3-c3ccc(-c4ccc(N(c5ccc(-c6cc7ccccc7c7ccccc67)cc5)c5ccccc5-c5cccc(-c6cccc7ccccc67)c5)cc4)cc32)cc1.